The van der Waals surface area contributed by atoms with Gasteiger partial charge in [-0.05, 0) is 36.8 Å². The van der Waals surface area contributed by atoms with E-state index < -0.39 is 0 Å². The van der Waals surface area contributed by atoms with Crippen molar-refractivity contribution < 1.29 is 36.4 Å². The second-order valence-electron chi connectivity index (χ2n) is 10.7. The number of aliphatic hydroxyl groups excluding tert-OH is 1. The molecular weight excluding hydrogens is 491 g/mol. The molecule has 0 radical (unpaired) electrons. The predicted molar refractivity (Wildman–Crippen MR) is 142 cm³/mol. The average Bonchev–Trinajstić information content (AvgIpc) is 2.80. The molecule has 0 amide bonds. The molecule has 0 unspecified atom stereocenters. The Hall–Kier alpha value is -2.80. The van der Waals surface area contributed by atoms with E-state index in [1.807, 2.05) is 48.5 Å². The van der Waals surface area contributed by atoms with Crippen molar-refractivity contribution in [2.45, 2.75) is 72.3 Å². The third kappa shape index (κ3) is 8.70. The monoisotopic (exact) mass is 529 g/mol. The zero-order chi connectivity index (χ0) is 27.7. The van der Waals surface area contributed by atoms with E-state index in [1.54, 1.807) is 26.2 Å². The first-order chi connectivity index (χ1) is 16.7. The number of aliphatic hydroxyl groups is 1. The molecule has 0 aliphatic rings. The Morgan fingerprint density at radius 1 is 0.667 bits per heavy atom. The number of hydrogen-bond donors (Lipinski definition) is 3. The molecule has 2 aromatic carbocycles. The van der Waals surface area contributed by atoms with E-state index in [2.05, 4.69) is 51.5 Å². The first-order valence-corrected chi connectivity index (χ1v) is 12.3. The van der Waals surface area contributed by atoms with Crippen LogP contribution in [0.1, 0.15) is 66.5 Å². The van der Waals surface area contributed by atoms with Gasteiger partial charge >= 0.3 is 21.0 Å². The third-order valence-electron chi connectivity index (χ3n) is 5.11. The normalized spacial score (nSPS) is 11.0. The van der Waals surface area contributed by atoms with Crippen molar-refractivity contribution in [2.24, 2.45) is 0 Å². The molecule has 0 aliphatic heterocycles. The van der Waals surface area contributed by atoms with Gasteiger partial charge in [0.15, 0.2) is 0 Å². The molecule has 2 aromatic heterocycles. The number of aromatic hydroxyl groups is 2. The van der Waals surface area contributed by atoms with Crippen LogP contribution in [-0.2, 0) is 31.9 Å². The topological polar surface area (TPSA) is 104 Å². The molecule has 3 N–H and O–H groups in total. The van der Waals surface area contributed by atoms with Crippen LogP contribution < -0.4 is 0 Å². The van der Waals surface area contributed by atoms with Gasteiger partial charge in [-0.25, -0.2) is 0 Å². The van der Waals surface area contributed by atoms with E-state index in [0.29, 0.717) is 22.5 Å². The summed E-state index contributed by atoms with van der Waals surface area (Å²) in [5.41, 5.74) is 3.13. The van der Waals surface area contributed by atoms with Crippen molar-refractivity contribution in [1.29, 1.82) is 0 Å². The molecule has 193 valence electrons. The molecular formula is C29H38N2O4V. The summed E-state index contributed by atoms with van der Waals surface area (Å²) in [6, 6.07) is 15.6. The molecule has 2 heterocycles. The number of pyridine rings is 2. The van der Waals surface area contributed by atoms with E-state index in [1.165, 1.54) is 0 Å². The summed E-state index contributed by atoms with van der Waals surface area (Å²) >= 11 is 1.06. The van der Waals surface area contributed by atoms with Crippen LogP contribution in [0.25, 0.3) is 21.8 Å². The molecule has 6 nitrogen and oxygen atoms in total. The van der Waals surface area contributed by atoms with Crippen molar-refractivity contribution in [2.75, 3.05) is 0 Å². The van der Waals surface area contributed by atoms with Gasteiger partial charge in [0, 0.05) is 40.4 Å². The number of nitrogens with zero attached hydrogens (tertiary/aromatic N) is 2. The van der Waals surface area contributed by atoms with Gasteiger partial charge in [0.2, 0.25) is 0 Å². The first-order valence-electron chi connectivity index (χ1n) is 11.7. The van der Waals surface area contributed by atoms with E-state index in [9.17, 15) is 10.2 Å². The predicted octanol–water partition coefficient (Wildman–Crippen LogP) is 6.74. The van der Waals surface area contributed by atoms with Gasteiger partial charge in [-0.2, -0.15) is 0 Å². The Morgan fingerprint density at radius 2 is 0.972 bits per heavy atom. The molecule has 0 spiro atoms. The van der Waals surface area contributed by atoms with Crippen LogP contribution in [0.15, 0.2) is 60.9 Å². The van der Waals surface area contributed by atoms with Crippen molar-refractivity contribution in [3.63, 3.8) is 0 Å². The molecule has 0 fully saturated rings. The zero-order valence-corrected chi connectivity index (χ0v) is 23.8. The van der Waals surface area contributed by atoms with E-state index in [4.69, 9.17) is 8.78 Å². The molecule has 4 aromatic rings. The van der Waals surface area contributed by atoms with Crippen LogP contribution >= 0.6 is 0 Å². The van der Waals surface area contributed by atoms with Gasteiger partial charge in [-0.15, -0.1) is 0 Å². The standard InChI is InChI=1S/2C13H15NO.C3H8O.O.V/c2*1-13(2,3)10-7-6-9-5-4-8-14-11(9)12(10)15;1-3(2)4;;/h2*4-8,15H,1-3H3;3-4H,1-2H3;;. The summed E-state index contributed by atoms with van der Waals surface area (Å²) in [4.78, 5) is 8.41. The molecule has 0 aliphatic carbocycles. The van der Waals surface area contributed by atoms with Crippen molar-refractivity contribution in [3.05, 3.63) is 72.1 Å². The number of benzene rings is 2. The first kappa shape index (κ1) is 31.2. The van der Waals surface area contributed by atoms with Crippen molar-refractivity contribution in [1.82, 2.24) is 9.97 Å². The molecule has 36 heavy (non-hydrogen) atoms. The minimum atomic E-state index is -0.167. The van der Waals surface area contributed by atoms with Gasteiger partial charge in [0.1, 0.15) is 22.5 Å². The number of fused-ring (bicyclic) bond motifs is 2. The van der Waals surface area contributed by atoms with Crippen molar-refractivity contribution in [3.8, 4) is 11.5 Å². The number of aromatic nitrogens is 2. The zero-order valence-electron chi connectivity index (χ0n) is 22.4. The summed E-state index contributed by atoms with van der Waals surface area (Å²) < 4.78 is 8.19. The Kier molecular flexibility index (Phi) is 11.7. The maximum atomic E-state index is 10.1. The fourth-order valence-corrected chi connectivity index (χ4v) is 3.47. The molecule has 4 rings (SSSR count). The number of phenolic OH excluding ortho intramolecular Hbond substituents is 2. The van der Waals surface area contributed by atoms with Crippen LogP contribution in [0.3, 0.4) is 0 Å². The summed E-state index contributed by atoms with van der Waals surface area (Å²) in [5, 5.41) is 30.3. The van der Waals surface area contributed by atoms with Gasteiger partial charge < -0.3 is 15.3 Å². The third-order valence-corrected chi connectivity index (χ3v) is 5.11. The second kappa shape index (κ2) is 13.5. The average molecular weight is 530 g/mol. The van der Waals surface area contributed by atoms with Crippen LogP contribution in [0.2, 0.25) is 0 Å². The number of rotatable bonds is 0. The Bertz CT molecular complexity index is 1160. The van der Waals surface area contributed by atoms with Crippen LogP contribution in [0.5, 0.6) is 11.5 Å². The fourth-order valence-electron chi connectivity index (χ4n) is 3.47. The van der Waals surface area contributed by atoms with E-state index >= 15 is 0 Å². The number of phenols is 2. The molecule has 0 saturated heterocycles. The Labute approximate surface area is 223 Å². The maximum absolute atomic E-state index is 10.1. The quantitative estimate of drug-likeness (QED) is 0.233. The van der Waals surface area contributed by atoms with Gasteiger partial charge in [-0.1, -0.05) is 77.9 Å². The minimum absolute atomic E-state index is 0.0597. The second-order valence-corrected chi connectivity index (χ2v) is 10.7. The molecule has 0 saturated carbocycles. The molecule has 0 atom stereocenters. The van der Waals surface area contributed by atoms with Gasteiger partial charge in [0.05, 0.1) is 0 Å². The molecule has 7 heteroatoms. The van der Waals surface area contributed by atoms with Crippen molar-refractivity contribution >= 4 is 21.8 Å². The van der Waals surface area contributed by atoms with Crippen LogP contribution in [0.4, 0.5) is 0 Å². The summed E-state index contributed by atoms with van der Waals surface area (Å²) in [6.45, 7) is 15.9. The summed E-state index contributed by atoms with van der Waals surface area (Å²) in [6.07, 6.45) is 3.24. The summed E-state index contributed by atoms with van der Waals surface area (Å²) in [5.74, 6) is 0.612. The Morgan fingerprint density at radius 3 is 1.25 bits per heavy atom. The Balaban J connectivity index is 0.000000296. The van der Waals surface area contributed by atoms with E-state index in [-0.39, 0.29) is 16.9 Å². The van der Waals surface area contributed by atoms with E-state index in [0.717, 1.165) is 39.3 Å². The molecule has 0 bridgehead atoms. The number of hydrogen-bond acceptors (Lipinski definition) is 6. The SMILES string of the molecule is CC(C)(C)c1ccc2cccnc2c1O.CC(C)(C)c1ccc2cccnc2c1O.CC(C)O.[O]=[V]. The van der Waals surface area contributed by atoms with Crippen LogP contribution in [-0.4, -0.2) is 31.4 Å². The summed E-state index contributed by atoms with van der Waals surface area (Å²) in [7, 11) is 0. The van der Waals surface area contributed by atoms with Gasteiger partial charge in [-0.3, -0.25) is 9.97 Å². The fraction of sp³-hybridized carbons (Fsp3) is 0.379. The van der Waals surface area contributed by atoms with Crippen LogP contribution in [0, 0.1) is 0 Å². The van der Waals surface area contributed by atoms with Gasteiger partial charge in [0.25, 0.3) is 0 Å².